The van der Waals surface area contributed by atoms with E-state index in [-0.39, 0.29) is 0 Å². The molecule has 0 fully saturated rings. The van der Waals surface area contributed by atoms with Crippen LogP contribution in [0.5, 0.6) is 0 Å². The number of amides is 1. The average Bonchev–Trinajstić information content (AvgIpc) is 2.81. The van der Waals surface area contributed by atoms with Crippen molar-refractivity contribution in [2.45, 2.75) is 31.8 Å². The summed E-state index contributed by atoms with van der Waals surface area (Å²) in [6.45, 7) is 0.966. The molecule has 2 heterocycles. The van der Waals surface area contributed by atoms with Crippen molar-refractivity contribution in [2.75, 3.05) is 0 Å². The number of nitriles is 1. The summed E-state index contributed by atoms with van der Waals surface area (Å²) in [6.07, 6.45) is 5.05. The predicted octanol–water partition coefficient (Wildman–Crippen LogP) is 0.00998. The van der Waals surface area contributed by atoms with Gasteiger partial charge in [0.25, 0.3) is 0 Å². The van der Waals surface area contributed by atoms with E-state index in [0.717, 1.165) is 24.9 Å². The molecule has 1 atom stereocenters. The summed E-state index contributed by atoms with van der Waals surface area (Å²) in [5, 5.41) is 15.5. The summed E-state index contributed by atoms with van der Waals surface area (Å²) in [5.74, 6) is 0. The SMILES string of the molecule is N#CC(Cc1cnn2c1CCC2)NC=O. The maximum absolute atomic E-state index is 10.3. The van der Waals surface area contributed by atoms with Gasteiger partial charge in [-0.25, -0.2) is 0 Å². The Hall–Kier alpha value is -1.83. The Morgan fingerprint density at radius 1 is 1.80 bits per heavy atom. The van der Waals surface area contributed by atoms with E-state index in [2.05, 4.69) is 16.5 Å². The minimum Gasteiger partial charge on any atom is -0.343 e. The zero-order valence-corrected chi connectivity index (χ0v) is 8.31. The number of carbonyl (C=O) groups excluding carboxylic acids is 1. The molecule has 1 aromatic heterocycles. The molecule has 5 nitrogen and oxygen atoms in total. The lowest BCUT2D eigenvalue weighted by atomic mass is 10.1. The number of hydrogen-bond acceptors (Lipinski definition) is 3. The van der Waals surface area contributed by atoms with Crippen LogP contribution < -0.4 is 5.32 Å². The lowest BCUT2D eigenvalue weighted by Crippen LogP contribution is -2.28. The second-order valence-corrected chi connectivity index (χ2v) is 3.61. The first-order valence-electron chi connectivity index (χ1n) is 4.98. The van der Waals surface area contributed by atoms with Gasteiger partial charge in [-0.1, -0.05) is 0 Å². The third-order valence-electron chi connectivity index (χ3n) is 2.67. The van der Waals surface area contributed by atoms with Crippen molar-refractivity contribution >= 4 is 6.41 Å². The molecule has 1 amide bonds. The molecule has 78 valence electrons. The standard InChI is InChI=1S/C10H12N4O/c11-5-9(12-7-15)4-8-6-13-14-3-1-2-10(8)14/h6-7,9H,1-4H2,(H,12,15). The number of nitrogens with one attached hydrogen (secondary N) is 1. The number of fused-ring (bicyclic) bond motifs is 1. The van der Waals surface area contributed by atoms with Crippen molar-refractivity contribution in [3.63, 3.8) is 0 Å². The summed E-state index contributed by atoms with van der Waals surface area (Å²) in [5.41, 5.74) is 2.29. The van der Waals surface area contributed by atoms with E-state index in [4.69, 9.17) is 5.26 Å². The molecular weight excluding hydrogens is 192 g/mol. The second kappa shape index (κ2) is 4.13. The van der Waals surface area contributed by atoms with Gasteiger partial charge < -0.3 is 5.32 Å². The molecule has 0 aromatic carbocycles. The van der Waals surface area contributed by atoms with E-state index >= 15 is 0 Å². The highest BCUT2D eigenvalue weighted by Crippen LogP contribution is 2.19. The highest BCUT2D eigenvalue weighted by atomic mass is 16.1. The van der Waals surface area contributed by atoms with Gasteiger partial charge in [-0.2, -0.15) is 10.4 Å². The summed E-state index contributed by atoms with van der Waals surface area (Å²) in [4.78, 5) is 10.3. The largest absolute Gasteiger partial charge is 0.343 e. The van der Waals surface area contributed by atoms with Crippen LogP contribution >= 0.6 is 0 Å². The van der Waals surface area contributed by atoms with Gasteiger partial charge >= 0.3 is 0 Å². The molecule has 0 saturated heterocycles. The molecule has 0 saturated carbocycles. The highest BCUT2D eigenvalue weighted by molar-refractivity contribution is 5.48. The summed E-state index contributed by atoms with van der Waals surface area (Å²) in [7, 11) is 0. The number of aryl methyl sites for hydroxylation is 1. The van der Waals surface area contributed by atoms with Crippen LogP contribution in [0.15, 0.2) is 6.20 Å². The number of aromatic nitrogens is 2. The zero-order valence-electron chi connectivity index (χ0n) is 8.31. The number of hydrogen-bond donors (Lipinski definition) is 1. The fourth-order valence-electron chi connectivity index (χ4n) is 1.94. The summed E-state index contributed by atoms with van der Waals surface area (Å²) >= 11 is 0. The molecule has 2 rings (SSSR count). The van der Waals surface area contributed by atoms with Crippen LogP contribution in [-0.2, 0) is 24.2 Å². The topological polar surface area (TPSA) is 70.7 Å². The van der Waals surface area contributed by atoms with Crippen LogP contribution in [0.2, 0.25) is 0 Å². The smallest absolute Gasteiger partial charge is 0.208 e. The quantitative estimate of drug-likeness (QED) is 0.702. The molecule has 0 aliphatic carbocycles. The fourth-order valence-corrected chi connectivity index (χ4v) is 1.94. The van der Waals surface area contributed by atoms with Crippen molar-refractivity contribution in [2.24, 2.45) is 0 Å². The summed E-state index contributed by atoms with van der Waals surface area (Å²) in [6, 6.07) is 1.61. The van der Waals surface area contributed by atoms with Crippen LogP contribution in [0.4, 0.5) is 0 Å². The van der Waals surface area contributed by atoms with Gasteiger partial charge in [0.2, 0.25) is 6.41 Å². The Morgan fingerprint density at radius 2 is 2.67 bits per heavy atom. The average molecular weight is 204 g/mol. The molecule has 0 spiro atoms. The molecule has 0 radical (unpaired) electrons. The Balaban J connectivity index is 2.10. The van der Waals surface area contributed by atoms with Crippen LogP contribution in [0, 0.1) is 11.3 Å². The zero-order chi connectivity index (χ0) is 10.7. The third kappa shape index (κ3) is 1.84. The van der Waals surface area contributed by atoms with Crippen molar-refractivity contribution in [1.29, 1.82) is 5.26 Å². The van der Waals surface area contributed by atoms with Gasteiger partial charge in [-0.3, -0.25) is 9.48 Å². The van der Waals surface area contributed by atoms with E-state index in [0.29, 0.717) is 12.8 Å². The van der Waals surface area contributed by atoms with Gasteiger partial charge in [0, 0.05) is 18.7 Å². The maximum atomic E-state index is 10.3. The first-order valence-corrected chi connectivity index (χ1v) is 4.98. The molecule has 1 unspecified atom stereocenters. The molecule has 1 aliphatic heterocycles. The minimum atomic E-state index is -0.447. The fraction of sp³-hybridized carbons (Fsp3) is 0.500. The minimum absolute atomic E-state index is 0.447. The normalized spacial score (nSPS) is 15.4. The van der Waals surface area contributed by atoms with Gasteiger partial charge in [-0.15, -0.1) is 0 Å². The second-order valence-electron chi connectivity index (χ2n) is 3.61. The van der Waals surface area contributed by atoms with E-state index in [1.165, 1.54) is 5.69 Å². The van der Waals surface area contributed by atoms with Crippen LogP contribution in [0.25, 0.3) is 0 Å². The number of rotatable bonds is 4. The lowest BCUT2D eigenvalue weighted by molar-refractivity contribution is -0.109. The highest BCUT2D eigenvalue weighted by Gasteiger charge is 2.18. The van der Waals surface area contributed by atoms with Crippen LogP contribution in [0.1, 0.15) is 17.7 Å². The van der Waals surface area contributed by atoms with Gasteiger partial charge in [0.15, 0.2) is 0 Å². The molecule has 1 aromatic rings. The van der Waals surface area contributed by atoms with E-state index < -0.39 is 6.04 Å². The van der Waals surface area contributed by atoms with E-state index in [1.807, 2.05) is 4.68 Å². The molecule has 1 N–H and O–H groups in total. The Bertz CT molecular complexity index is 404. The van der Waals surface area contributed by atoms with Crippen molar-refractivity contribution in [1.82, 2.24) is 15.1 Å². The Labute approximate surface area is 87.7 Å². The number of nitrogens with zero attached hydrogens (tertiary/aromatic N) is 3. The first kappa shape index (κ1) is 9.71. The molecular formula is C10H12N4O. The van der Waals surface area contributed by atoms with Crippen molar-refractivity contribution < 1.29 is 4.79 Å². The van der Waals surface area contributed by atoms with Gasteiger partial charge in [0.05, 0.1) is 12.3 Å². The van der Waals surface area contributed by atoms with E-state index in [1.54, 1.807) is 6.20 Å². The lowest BCUT2D eigenvalue weighted by Gasteiger charge is -2.06. The van der Waals surface area contributed by atoms with Gasteiger partial charge in [0.1, 0.15) is 6.04 Å². The molecule has 1 aliphatic rings. The summed E-state index contributed by atoms with van der Waals surface area (Å²) < 4.78 is 1.98. The molecule has 0 bridgehead atoms. The Kier molecular flexibility index (Phi) is 2.68. The van der Waals surface area contributed by atoms with Crippen molar-refractivity contribution in [3.05, 3.63) is 17.5 Å². The Morgan fingerprint density at radius 3 is 3.40 bits per heavy atom. The van der Waals surface area contributed by atoms with Gasteiger partial charge in [-0.05, 0) is 18.4 Å². The number of carbonyl (C=O) groups is 1. The molecule has 15 heavy (non-hydrogen) atoms. The molecule has 5 heteroatoms. The van der Waals surface area contributed by atoms with E-state index in [9.17, 15) is 4.79 Å². The predicted molar refractivity (Wildman–Crippen MR) is 52.9 cm³/mol. The third-order valence-corrected chi connectivity index (χ3v) is 2.67. The monoisotopic (exact) mass is 204 g/mol. The maximum Gasteiger partial charge on any atom is 0.208 e. The first-order chi connectivity index (χ1) is 7.35. The van der Waals surface area contributed by atoms with Crippen LogP contribution in [-0.4, -0.2) is 22.2 Å². The van der Waals surface area contributed by atoms with Crippen LogP contribution in [0.3, 0.4) is 0 Å². The van der Waals surface area contributed by atoms with Crippen molar-refractivity contribution in [3.8, 4) is 6.07 Å².